The van der Waals surface area contributed by atoms with Crippen LogP contribution in [0.2, 0.25) is 10.0 Å². The predicted molar refractivity (Wildman–Crippen MR) is 84.7 cm³/mol. The lowest BCUT2D eigenvalue weighted by Crippen LogP contribution is -2.13. The van der Waals surface area contributed by atoms with Gasteiger partial charge in [-0.25, -0.2) is 0 Å². The van der Waals surface area contributed by atoms with Crippen LogP contribution in [0.25, 0.3) is 0 Å². The summed E-state index contributed by atoms with van der Waals surface area (Å²) in [5.74, 6) is 0.821. The highest BCUT2D eigenvalue weighted by atomic mass is 35.5. The Morgan fingerprint density at radius 2 is 1.50 bits per heavy atom. The van der Waals surface area contributed by atoms with Gasteiger partial charge in [0.1, 0.15) is 5.75 Å². The molecular formula is C16H17Cl2NO. The Bertz CT molecular complexity index is 561. The summed E-state index contributed by atoms with van der Waals surface area (Å²) in [5, 5.41) is 1.15. The van der Waals surface area contributed by atoms with E-state index in [-0.39, 0.29) is 12.1 Å². The van der Waals surface area contributed by atoms with Crippen molar-refractivity contribution in [2.24, 2.45) is 5.73 Å². The normalized spacial score (nSPS) is 12.5. The molecular weight excluding hydrogens is 293 g/mol. The molecule has 2 aromatic carbocycles. The highest BCUT2D eigenvalue weighted by Gasteiger charge is 2.16. The van der Waals surface area contributed by atoms with Gasteiger partial charge in [0.2, 0.25) is 0 Å². The topological polar surface area (TPSA) is 35.2 Å². The van der Waals surface area contributed by atoms with E-state index in [1.165, 1.54) is 0 Å². The molecule has 20 heavy (non-hydrogen) atoms. The Balaban J connectivity index is 2.27. The summed E-state index contributed by atoms with van der Waals surface area (Å²) in [6, 6.07) is 12.7. The van der Waals surface area contributed by atoms with Crippen LogP contribution in [-0.2, 0) is 0 Å². The Labute approximate surface area is 129 Å². The van der Waals surface area contributed by atoms with E-state index in [1.807, 2.05) is 38.1 Å². The monoisotopic (exact) mass is 309 g/mol. The molecule has 2 aromatic rings. The fourth-order valence-corrected chi connectivity index (χ4v) is 2.63. The molecule has 0 bridgehead atoms. The van der Waals surface area contributed by atoms with Gasteiger partial charge in [-0.2, -0.15) is 0 Å². The molecule has 2 rings (SSSR count). The van der Waals surface area contributed by atoms with Gasteiger partial charge in [-0.1, -0.05) is 41.4 Å². The van der Waals surface area contributed by atoms with Crippen LogP contribution in [0.1, 0.15) is 31.0 Å². The quantitative estimate of drug-likeness (QED) is 0.878. The maximum Gasteiger partial charge on any atom is 0.119 e. The first-order valence-corrected chi connectivity index (χ1v) is 7.20. The van der Waals surface area contributed by atoms with Gasteiger partial charge in [-0.15, -0.1) is 0 Å². The van der Waals surface area contributed by atoms with Gasteiger partial charge in [0.25, 0.3) is 0 Å². The van der Waals surface area contributed by atoms with E-state index in [9.17, 15) is 0 Å². The SMILES string of the molecule is CC(C)Oc1ccc(C(N)c2c(Cl)cccc2Cl)cc1. The van der Waals surface area contributed by atoms with Crippen molar-refractivity contribution in [2.45, 2.75) is 26.0 Å². The highest BCUT2D eigenvalue weighted by molar-refractivity contribution is 6.36. The first-order chi connectivity index (χ1) is 9.49. The fraction of sp³-hybridized carbons (Fsp3) is 0.250. The molecule has 0 aromatic heterocycles. The molecule has 0 amide bonds. The van der Waals surface area contributed by atoms with Crippen molar-refractivity contribution in [1.82, 2.24) is 0 Å². The summed E-state index contributed by atoms with van der Waals surface area (Å²) in [6.45, 7) is 3.98. The first-order valence-electron chi connectivity index (χ1n) is 6.45. The molecule has 0 saturated heterocycles. The van der Waals surface area contributed by atoms with Crippen LogP contribution in [0.4, 0.5) is 0 Å². The van der Waals surface area contributed by atoms with Crippen LogP contribution < -0.4 is 10.5 Å². The molecule has 0 heterocycles. The van der Waals surface area contributed by atoms with E-state index in [1.54, 1.807) is 18.2 Å². The molecule has 0 saturated carbocycles. The van der Waals surface area contributed by atoms with Crippen LogP contribution in [0.5, 0.6) is 5.75 Å². The lowest BCUT2D eigenvalue weighted by Gasteiger charge is -2.17. The number of benzene rings is 2. The lowest BCUT2D eigenvalue weighted by molar-refractivity contribution is 0.242. The van der Waals surface area contributed by atoms with E-state index in [0.29, 0.717) is 10.0 Å². The summed E-state index contributed by atoms with van der Waals surface area (Å²) < 4.78 is 5.61. The number of hydrogen-bond donors (Lipinski definition) is 1. The van der Waals surface area contributed by atoms with Crippen molar-refractivity contribution in [3.05, 3.63) is 63.6 Å². The summed E-state index contributed by atoms with van der Waals surface area (Å²) in [5.41, 5.74) is 7.94. The van der Waals surface area contributed by atoms with Crippen LogP contribution in [-0.4, -0.2) is 6.10 Å². The van der Waals surface area contributed by atoms with Crippen LogP contribution in [0.3, 0.4) is 0 Å². The zero-order valence-corrected chi connectivity index (χ0v) is 12.9. The zero-order valence-electron chi connectivity index (χ0n) is 11.4. The van der Waals surface area contributed by atoms with Crippen molar-refractivity contribution < 1.29 is 4.74 Å². The van der Waals surface area contributed by atoms with E-state index >= 15 is 0 Å². The fourth-order valence-electron chi connectivity index (χ4n) is 2.00. The van der Waals surface area contributed by atoms with E-state index < -0.39 is 0 Å². The van der Waals surface area contributed by atoms with E-state index in [4.69, 9.17) is 33.7 Å². The molecule has 2 N–H and O–H groups in total. The van der Waals surface area contributed by atoms with Gasteiger partial charge >= 0.3 is 0 Å². The molecule has 1 atom stereocenters. The van der Waals surface area contributed by atoms with E-state index in [2.05, 4.69) is 0 Å². The van der Waals surface area contributed by atoms with Gasteiger partial charge < -0.3 is 10.5 Å². The Morgan fingerprint density at radius 3 is 2.00 bits per heavy atom. The number of rotatable bonds is 4. The van der Waals surface area contributed by atoms with Crippen molar-refractivity contribution in [1.29, 1.82) is 0 Å². The second-order valence-corrected chi connectivity index (χ2v) is 5.66. The Morgan fingerprint density at radius 1 is 0.950 bits per heavy atom. The maximum absolute atomic E-state index is 6.26. The third-order valence-electron chi connectivity index (χ3n) is 2.92. The Kier molecular flexibility index (Phi) is 4.92. The van der Waals surface area contributed by atoms with Crippen LogP contribution in [0.15, 0.2) is 42.5 Å². The summed E-state index contributed by atoms with van der Waals surface area (Å²) >= 11 is 12.4. The second kappa shape index (κ2) is 6.49. The third-order valence-corrected chi connectivity index (χ3v) is 3.58. The largest absolute Gasteiger partial charge is 0.491 e. The van der Waals surface area contributed by atoms with Gasteiger partial charge in [0, 0.05) is 15.6 Å². The zero-order chi connectivity index (χ0) is 14.7. The molecule has 106 valence electrons. The van der Waals surface area contributed by atoms with Gasteiger partial charge in [-0.05, 0) is 43.7 Å². The smallest absolute Gasteiger partial charge is 0.119 e. The standard InChI is InChI=1S/C16H17Cl2NO/c1-10(2)20-12-8-6-11(7-9-12)16(19)15-13(17)4-3-5-14(15)18/h3-10,16H,19H2,1-2H3. The minimum Gasteiger partial charge on any atom is -0.491 e. The van der Waals surface area contributed by atoms with Crippen molar-refractivity contribution in [3.8, 4) is 5.75 Å². The number of hydrogen-bond acceptors (Lipinski definition) is 2. The molecule has 2 nitrogen and oxygen atoms in total. The molecule has 4 heteroatoms. The molecule has 0 aliphatic heterocycles. The minimum atomic E-state index is -0.357. The number of halogens is 2. The van der Waals surface area contributed by atoms with E-state index in [0.717, 1.165) is 16.9 Å². The van der Waals surface area contributed by atoms with Crippen molar-refractivity contribution in [3.63, 3.8) is 0 Å². The van der Waals surface area contributed by atoms with Gasteiger partial charge in [-0.3, -0.25) is 0 Å². The summed E-state index contributed by atoms with van der Waals surface area (Å²) in [4.78, 5) is 0. The number of nitrogens with two attached hydrogens (primary N) is 1. The summed E-state index contributed by atoms with van der Waals surface area (Å²) in [6.07, 6.45) is 0.146. The predicted octanol–water partition coefficient (Wildman–Crippen LogP) is 4.83. The third kappa shape index (κ3) is 3.45. The average molecular weight is 310 g/mol. The molecule has 0 radical (unpaired) electrons. The lowest BCUT2D eigenvalue weighted by atomic mass is 9.99. The highest BCUT2D eigenvalue weighted by Crippen LogP contribution is 2.33. The van der Waals surface area contributed by atoms with Crippen LogP contribution >= 0.6 is 23.2 Å². The molecule has 0 spiro atoms. The minimum absolute atomic E-state index is 0.146. The maximum atomic E-state index is 6.26. The molecule has 0 fully saturated rings. The first kappa shape index (κ1) is 15.2. The number of ether oxygens (including phenoxy) is 1. The molecule has 0 aliphatic rings. The Hall–Kier alpha value is -1.22. The average Bonchev–Trinajstić information content (AvgIpc) is 2.38. The van der Waals surface area contributed by atoms with Gasteiger partial charge in [0.15, 0.2) is 0 Å². The summed E-state index contributed by atoms with van der Waals surface area (Å²) in [7, 11) is 0. The van der Waals surface area contributed by atoms with Crippen molar-refractivity contribution in [2.75, 3.05) is 0 Å². The van der Waals surface area contributed by atoms with Crippen LogP contribution in [0, 0.1) is 0 Å². The second-order valence-electron chi connectivity index (χ2n) is 4.85. The van der Waals surface area contributed by atoms with Gasteiger partial charge in [0.05, 0.1) is 12.1 Å². The molecule has 1 unspecified atom stereocenters. The van der Waals surface area contributed by atoms with Crippen molar-refractivity contribution >= 4 is 23.2 Å². The molecule has 0 aliphatic carbocycles.